The molecule has 99 heavy (non-hydrogen) atoms. The highest BCUT2D eigenvalue weighted by Crippen LogP contribution is 2.37. The van der Waals surface area contributed by atoms with Crippen molar-refractivity contribution in [3.63, 3.8) is 0 Å². The van der Waals surface area contributed by atoms with Gasteiger partial charge in [0.05, 0.1) is 59.6 Å². The van der Waals surface area contributed by atoms with Gasteiger partial charge in [-0.2, -0.15) is 0 Å². The summed E-state index contributed by atoms with van der Waals surface area (Å²) in [4.78, 5) is 14.7. The predicted octanol–water partition coefficient (Wildman–Crippen LogP) is 24.6. The Balaban J connectivity index is 0.000000156. The summed E-state index contributed by atoms with van der Waals surface area (Å²) in [6.07, 6.45) is 0. The monoisotopic (exact) mass is 1380 g/mol. The van der Waals surface area contributed by atoms with Gasteiger partial charge in [-0.1, -0.05) is 211 Å². The lowest BCUT2D eigenvalue weighted by Gasteiger charge is -2.14. The first kappa shape index (κ1) is 75.2. The summed E-state index contributed by atoms with van der Waals surface area (Å²) in [6.45, 7) is 20.5. The van der Waals surface area contributed by atoms with E-state index in [1.54, 1.807) is 18.9 Å². The van der Waals surface area contributed by atoms with E-state index in [0.717, 1.165) is 28.6 Å². The summed E-state index contributed by atoms with van der Waals surface area (Å²) in [6, 6.07) is 122. The van der Waals surface area contributed by atoms with Crippen molar-refractivity contribution in [1.29, 1.82) is 0 Å². The molecule has 0 aliphatic carbocycles. The molecule has 4 nitrogen and oxygen atoms in total. The normalized spacial score (nSPS) is 10.4. The fourth-order valence-corrected chi connectivity index (χ4v) is 17.5. The van der Waals surface area contributed by atoms with Crippen LogP contribution < -0.4 is 18.9 Å². The molecule has 0 radical (unpaired) electrons. The Hall–Kier alpha value is -9.54. The van der Waals surface area contributed by atoms with Crippen molar-refractivity contribution in [2.75, 3.05) is 26.9 Å². The van der Waals surface area contributed by atoms with E-state index in [4.69, 9.17) is 18.9 Å². The zero-order chi connectivity index (χ0) is 69.8. The number of ether oxygens (including phenoxy) is 4. The molecule has 0 amide bonds. The van der Waals surface area contributed by atoms with Gasteiger partial charge in [0.15, 0.2) is 44.1 Å². The largest absolute Gasteiger partial charge is 0.497 e. The molecule has 0 aromatic heterocycles. The van der Waals surface area contributed by atoms with Crippen molar-refractivity contribution in [1.82, 2.24) is 0 Å². The summed E-state index contributed by atoms with van der Waals surface area (Å²) < 4.78 is 21.5. The van der Waals surface area contributed by atoms with Crippen LogP contribution in [0.4, 0.5) is 0 Å². The summed E-state index contributed by atoms with van der Waals surface area (Å²) in [5.74, 6) is 3.37. The second kappa shape index (κ2) is 41.7. The van der Waals surface area contributed by atoms with Gasteiger partial charge in [0.2, 0.25) is 0 Å². The number of hydrogen-bond acceptors (Lipinski definition) is 5. The van der Waals surface area contributed by atoms with Crippen molar-refractivity contribution in [2.45, 2.75) is 116 Å². The zero-order valence-electron chi connectivity index (χ0n) is 58.8. The SMILES string of the molecule is CCOc1cc(OCC)c(C)c(OCC)c1.COc1ccc(C)cc1.Cc1cc(C)c(C)c(C)c1.c1ccc(Sc2ccc([S+](c3ccccc3)c3ccccc3)cc2)cc1.c1ccc([S+](c2ccccc2)c2ccccc2)cc1.c1ccc([S+](c2ccccc2)c2ccccc2)cc1. The number of benzene rings is 13. The molecule has 0 aliphatic heterocycles. The Morgan fingerprint density at radius 1 is 0.253 bits per heavy atom. The van der Waals surface area contributed by atoms with Crippen molar-refractivity contribution in [3.05, 3.63) is 379 Å². The highest BCUT2D eigenvalue weighted by Gasteiger charge is 2.30. The van der Waals surface area contributed by atoms with Crippen LogP contribution in [-0.2, 0) is 32.7 Å². The van der Waals surface area contributed by atoms with Crippen LogP contribution in [0.15, 0.2) is 400 Å². The molecule has 0 saturated carbocycles. The number of rotatable bonds is 18. The Morgan fingerprint density at radius 3 is 0.788 bits per heavy atom. The molecular weight excluding hydrogens is 1290 g/mol. The van der Waals surface area contributed by atoms with Gasteiger partial charge < -0.3 is 18.9 Å². The van der Waals surface area contributed by atoms with Gasteiger partial charge in [0.1, 0.15) is 23.0 Å². The zero-order valence-corrected chi connectivity index (χ0v) is 62.1. The minimum Gasteiger partial charge on any atom is -0.497 e. The van der Waals surface area contributed by atoms with E-state index in [0.29, 0.717) is 19.8 Å². The molecule has 0 unspecified atom stereocenters. The third kappa shape index (κ3) is 24.2. The van der Waals surface area contributed by atoms with E-state index in [9.17, 15) is 0 Å². The average Bonchev–Trinajstić information content (AvgIpc) is 0.865. The van der Waals surface area contributed by atoms with Gasteiger partial charge in [-0.25, -0.2) is 0 Å². The molecule has 13 rings (SSSR count). The molecule has 0 fully saturated rings. The van der Waals surface area contributed by atoms with Gasteiger partial charge in [0, 0.05) is 27.5 Å². The minimum absolute atomic E-state index is 0.0146. The molecule has 0 N–H and O–H groups in total. The molecule has 13 aromatic rings. The van der Waals surface area contributed by atoms with E-state index in [-0.39, 0.29) is 32.7 Å². The van der Waals surface area contributed by atoms with Crippen LogP contribution in [0.3, 0.4) is 0 Å². The van der Waals surface area contributed by atoms with Gasteiger partial charge in [-0.15, -0.1) is 0 Å². The average molecular weight is 1380 g/mol. The lowest BCUT2D eigenvalue weighted by atomic mass is 10.0. The molecule has 0 spiro atoms. The Labute approximate surface area is 604 Å². The summed E-state index contributed by atoms with van der Waals surface area (Å²) in [5.41, 5.74) is 7.86. The second-order valence-corrected chi connectivity index (χ2v) is 29.9. The van der Waals surface area contributed by atoms with Crippen molar-refractivity contribution < 1.29 is 18.9 Å². The molecule has 0 heterocycles. The Morgan fingerprint density at radius 2 is 0.515 bits per heavy atom. The van der Waals surface area contributed by atoms with Gasteiger partial charge in [-0.05, 0) is 225 Å². The fraction of sp³-hybridized carbons (Fsp3) is 0.143. The molecule has 0 saturated heterocycles. The van der Waals surface area contributed by atoms with Gasteiger partial charge >= 0.3 is 0 Å². The van der Waals surface area contributed by atoms with Crippen LogP contribution in [0.25, 0.3) is 0 Å². The Kier molecular flexibility index (Phi) is 31.7. The quantitative estimate of drug-likeness (QED) is 0.0801. The first-order valence-corrected chi connectivity index (χ1v) is 38.1. The standard InChI is InChI=1S/C24H19S2.2C18H15S.C13H20O3.C10H14.C8H10O/c1-4-10-20(11-5-1)25-21-16-18-24(19-17-21)26(22-12-6-2-7-13-22)23-14-8-3-9-15-23;2*1-4-10-16(11-5-1)19(17-12-6-2-7-13-17)18-14-8-3-9-15-18;1-5-14-11-8-12(15-6-2)10(4)13(9-11)16-7-3;1-7-5-8(2)10(4)9(3)6-7;1-7-3-5-8(9-2)6-4-7/h1-19H;2*1-15H;8-9H,5-7H2,1-4H3;5-6H,1-4H3;3-6H,1-2H3/q3*+1;;;. The number of aryl methyl sites for hydroxylation is 4. The third-order valence-corrected chi connectivity index (χ3v) is 23.1. The van der Waals surface area contributed by atoms with E-state index in [1.165, 1.54) is 81.7 Å². The van der Waals surface area contributed by atoms with Crippen molar-refractivity contribution >= 4 is 44.4 Å². The number of methoxy groups -OCH3 is 1. The highest BCUT2D eigenvalue weighted by atomic mass is 32.2. The molecule has 0 bridgehead atoms. The van der Waals surface area contributed by atoms with Crippen molar-refractivity contribution in [2.24, 2.45) is 0 Å². The lowest BCUT2D eigenvalue weighted by Crippen LogP contribution is -2.04. The minimum atomic E-state index is -0.0786. The van der Waals surface area contributed by atoms with E-state index in [2.05, 4.69) is 344 Å². The van der Waals surface area contributed by atoms with Crippen LogP contribution in [0.5, 0.6) is 23.0 Å². The van der Waals surface area contributed by atoms with Crippen molar-refractivity contribution in [3.8, 4) is 23.0 Å². The molecule has 0 atom stereocenters. The molecule has 13 aromatic carbocycles. The maximum atomic E-state index is 5.55. The fourth-order valence-electron chi connectivity index (χ4n) is 10.4. The maximum Gasteiger partial charge on any atom is 0.166 e. The Bertz CT molecular complexity index is 3930. The predicted molar refractivity (Wildman–Crippen MR) is 423 cm³/mol. The first-order valence-electron chi connectivity index (χ1n) is 33.6. The lowest BCUT2D eigenvalue weighted by molar-refractivity contribution is 0.304. The van der Waals surface area contributed by atoms with Gasteiger partial charge in [-0.3, -0.25) is 0 Å². The second-order valence-electron chi connectivity index (χ2n) is 22.7. The summed E-state index contributed by atoms with van der Waals surface area (Å²) in [5, 5.41) is 0. The summed E-state index contributed by atoms with van der Waals surface area (Å²) in [7, 11) is 1.56. The van der Waals surface area contributed by atoms with E-state index >= 15 is 0 Å². The summed E-state index contributed by atoms with van der Waals surface area (Å²) >= 11 is 1.80. The van der Waals surface area contributed by atoms with Crippen LogP contribution in [0.2, 0.25) is 0 Å². The smallest absolute Gasteiger partial charge is 0.166 e. The molecule has 502 valence electrons. The highest BCUT2D eigenvalue weighted by molar-refractivity contribution is 7.99. The van der Waals surface area contributed by atoms with E-state index in [1.807, 2.05) is 64.1 Å². The first-order chi connectivity index (χ1) is 48.5. The van der Waals surface area contributed by atoms with E-state index < -0.39 is 0 Å². The van der Waals surface area contributed by atoms with Crippen LogP contribution in [0.1, 0.15) is 54.2 Å². The molecule has 8 heteroatoms. The third-order valence-electron chi connectivity index (χ3n) is 15.4. The molecule has 0 aliphatic rings. The van der Waals surface area contributed by atoms with Crippen LogP contribution in [-0.4, -0.2) is 26.9 Å². The number of hydrogen-bond donors (Lipinski definition) is 0. The topological polar surface area (TPSA) is 36.9 Å². The van der Waals surface area contributed by atoms with Crippen LogP contribution in [0, 0.1) is 41.5 Å². The van der Waals surface area contributed by atoms with Crippen LogP contribution >= 0.6 is 11.8 Å². The maximum absolute atomic E-state index is 5.55. The van der Waals surface area contributed by atoms with Gasteiger partial charge in [0.25, 0.3) is 0 Å². The molecular formula is C91H93O4S4+3.